The number of alkyl halides is 1. The Morgan fingerprint density at radius 1 is 1.33 bits per heavy atom. The van der Waals surface area contributed by atoms with Gasteiger partial charge in [-0.15, -0.1) is 18.2 Å². The number of aliphatic hydroxyl groups is 1. The summed E-state index contributed by atoms with van der Waals surface area (Å²) in [6, 6.07) is 9.30. The lowest BCUT2D eigenvalue weighted by Gasteiger charge is -2.12. The molecule has 0 unspecified atom stereocenters. The smallest absolute Gasteiger partial charge is 0.0988 e. The fraction of sp³-hybridized carbons (Fsp3) is 0.200. The molecule has 0 amide bonds. The van der Waals surface area contributed by atoms with E-state index in [1.54, 1.807) is 0 Å². The van der Waals surface area contributed by atoms with Gasteiger partial charge >= 0.3 is 0 Å². The molecule has 1 rings (SSSR count). The van der Waals surface area contributed by atoms with Crippen molar-refractivity contribution in [1.29, 1.82) is 0 Å². The van der Waals surface area contributed by atoms with E-state index in [1.807, 2.05) is 30.3 Å². The van der Waals surface area contributed by atoms with E-state index in [9.17, 15) is 5.11 Å². The van der Waals surface area contributed by atoms with Gasteiger partial charge in [0.25, 0.3) is 0 Å². The number of aliphatic hydroxyl groups excluding tert-OH is 1. The Hall–Kier alpha value is -0.790. The topological polar surface area (TPSA) is 20.2 Å². The molecule has 0 aliphatic heterocycles. The summed E-state index contributed by atoms with van der Waals surface area (Å²) >= 11 is 5.78. The van der Waals surface area contributed by atoms with Crippen molar-refractivity contribution in [1.82, 2.24) is 0 Å². The van der Waals surface area contributed by atoms with Gasteiger partial charge in [0, 0.05) is 0 Å². The molecule has 0 saturated carbocycles. The summed E-state index contributed by atoms with van der Waals surface area (Å²) in [5.74, 6) is 0. The predicted molar refractivity (Wildman–Crippen MR) is 51.2 cm³/mol. The van der Waals surface area contributed by atoms with E-state index < -0.39 is 11.5 Å². The zero-order valence-electron chi connectivity index (χ0n) is 6.65. The van der Waals surface area contributed by atoms with E-state index in [2.05, 4.69) is 6.58 Å². The normalized spacial score (nSPS) is 15.2. The number of benzene rings is 1. The highest BCUT2D eigenvalue weighted by atomic mass is 35.5. The summed E-state index contributed by atoms with van der Waals surface area (Å²) in [6.45, 7) is 3.52. The summed E-state index contributed by atoms with van der Waals surface area (Å²) in [6.07, 6.45) is 0.865. The highest BCUT2D eigenvalue weighted by Gasteiger charge is 2.13. The molecule has 0 aliphatic carbocycles. The standard InChI is InChI=1S/C10H11ClO/c1-2-9(11)10(12)8-6-4-3-5-7-8/h2-7,9-10,12H,1H2/t9-,10-/m0/s1. The van der Waals surface area contributed by atoms with Crippen LogP contribution in [0, 0.1) is 0 Å². The highest BCUT2D eigenvalue weighted by Crippen LogP contribution is 2.20. The Kier molecular flexibility index (Phi) is 3.32. The third-order valence-electron chi connectivity index (χ3n) is 1.67. The molecule has 0 aromatic heterocycles. The third-order valence-corrected chi connectivity index (χ3v) is 2.08. The maximum atomic E-state index is 9.59. The van der Waals surface area contributed by atoms with Crippen molar-refractivity contribution < 1.29 is 5.11 Å². The van der Waals surface area contributed by atoms with Gasteiger partial charge in [-0.1, -0.05) is 36.4 Å². The van der Waals surface area contributed by atoms with Crippen LogP contribution in [0.5, 0.6) is 0 Å². The fourth-order valence-electron chi connectivity index (χ4n) is 0.963. The quantitative estimate of drug-likeness (QED) is 0.563. The van der Waals surface area contributed by atoms with Crippen molar-refractivity contribution in [3.05, 3.63) is 48.6 Å². The molecule has 1 N–H and O–H groups in total. The Morgan fingerprint density at radius 2 is 1.92 bits per heavy atom. The van der Waals surface area contributed by atoms with Gasteiger partial charge in [-0.05, 0) is 5.56 Å². The molecule has 0 radical (unpaired) electrons. The van der Waals surface area contributed by atoms with Gasteiger partial charge in [0.05, 0.1) is 11.5 Å². The van der Waals surface area contributed by atoms with Crippen LogP contribution in [0.25, 0.3) is 0 Å². The van der Waals surface area contributed by atoms with Crippen LogP contribution in [0.1, 0.15) is 11.7 Å². The first-order valence-corrected chi connectivity index (χ1v) is 4.19. The van der Waals surface area contributed by atoms with Gasteiger partial charge in [-0.25, -0.2) is 0 Å². The molecule has 0 fully saturated rings. The summed E-state index contributed by atoms with van der Waals surface area (Å²) in [5.41, 5.74) is 0.817. The number of rotatable bonds is 3. The van der Waals surface area contributed by atoms with E-state index in [0.29, 0.717) is 0 Å². The molecule has 0 bridgehead atoms. The maximum Gasteiger partial charge on any atom is 0.0988 e. The third kappa shape index (κ3) is 2.10. The van der Waals surface area contributed by atoms with Crippen LogP contribution in [0.15, 0.2) is 43.0 Å². The van der Waals surface area contributed by atoms with Crippen LogP contribution >= 0.6 is 11.6 Å². The van der Waals surface area contributed by atoms with Gasteiger partial charge < -0.3 is 5.11 Å². The molecular formula is C10H11ClO. The van der Waals surface area contributed by atoms with Crippen molar-refractivity contribution in [3.63, 3.8) is 0 Å². The first kappa shape index (κ1) is 9.30. The molecule has 2 heteroatoms. The summed E-state index contributed by atoms with van der Waals surface area (Å²) in [7, 11) is 0. The molecule has 1 aromatic rings. The van der Waals surface area contributed by atoms with E-state index in [0.717, 1.165) is 5.56 Å². The molecule has 0 aliphatic rings. The summed E-state index contributed by atoms with van der Waals surface area (Å²) in [4.78, 5) is 0. The molecule has 1 aromatic carbocycles. The number of hydrogen-bond acceptors (Lipinski definition) is 1. The Labute approximate surface area is 77.3 Å². The van der Waals surface area contributed by atoms with Gasteiger partial charge in [0.15, 0.2) is 0 Å². The second kappa shape index (κ2) is 4.29. The second-order valence-corrected chi connectivity index (χ2v) is 3.04. The van der Waals surface area contributed by atoms with Crippen LogP contribution in [0.3, 0.4) is 0 Å². The molecule has 2 atom stereocenters. The van der Waals surface area contributed by atoms with Crippen molar-refractivity contribution in [2.45, 2.75) is 11.5 Å². The van der Waals surface area contributed by atoms with Crippen molar-refractivity contribution in [3.8, 4) is 0 Å². The lowest BCUT2D eigenvalue weighted by atomic mass is 10.1. The SMILES string of the molecule is C=C[C@H](Cl)[C@@H](O)c1ccccc1. The average Bonchev–Trinajstić information content (AvgIpc) is 2.17. The van der Waals surface area contributed by atoms with Gasteiger partial charge in [-0.2, -0.15) is 0 Å². The molecule has 0 heterocycles. The first-order chi connectivity index (χ1) is 5.75. The van der Waals surface area contributed by atoms with E-state index >= 15 is 0 Å². The van der Waals surface area contributed by atoms with Crippen LogP contribution in [-0.4, -0.2) is 10.5 Å². The zero-order valence-corrected chi connectivity index (χ0v) is 7.41. The minimum Gasteiger partial charge on any atom is -0.387 e. The lowest BCUT2D eigenvalue weighted by molar-refractivity contribution is 0.185. The van der Waals surface area contributed by atoms with Crippen LogP contribution in [-0.2, 0) is 0 Å². The molecule has 0 spiro atoms. The summed E-state index contributed by atoms with van der Waals surface area (Å²) in [5, 5.41) is 9.16. The molecule has 64 valence electrons. The molecule has 1 nitrogen and oxygen atoms in total. The van der Waals surface area contributed by atoms with E-state index in [-0.39, 0.29) is 0 Å². The zero-order chi connectivity index (χ0) is 8.97. The largest absolute Gasteiger partial charge is 0.387 e. The maximum absolute atomic E-state index is 9.59. The fourth-order valence-corrected chi connectivity index (χ4v) is 1.11. The second-order valence-electron chi connectivity index (χ2n) is 2.54. The number of halogens is 1. The first-order valence-electron chi connectivity index (χ1n) is 3.75. The minimum atomic E-state index is -0.662. The molecular weight excluding hydrogens is 172 g/mol. The minimum absolute atomic E-state index is 0.424. The van der Waals surface area contributed by atoms with Crippen LogP contribution in [0.4, 0.5) is 0 Å². The predicted octanol–water partition coefficient (Wildman–Crippen LogP) is 2.51. The van der Waals surface area contributed by atoms with Crippen molar-refractivity contribution in [2.24, 2.45) is 0 Å². The Morgan fingerprint density at radius 3 is 2.42 bits per heavy atom. The van der Waals surface area contributed by atoms with Crippen LogP contribution < -0.4 is 0 Å². The van der Waals surface area contributed by atoms with Crippen molar-refractivity contribution >= 4 is 11.6 Å². The molecule has 0 saturated heterocycles. The van der Waals surface area contributed by atoms with Crippen LogP contribution in [0.2, 0.25) is 0 Å². The Balaban J connectivity index is 2.78. The van der Waals surface area contributed by atoms with Gasteiger partial charge in [0.1, 0.15) is 0 Å². The van der Waals surface area contributed by atoms with Gasteiger partial charge in [-0.3, -0.25) is 0 Å². The van der Waals surface area contributed by atoms with E-state index in [4.69, 9.17) is 11.6 Å². The lowest BCUT2D eigenvalue weighted by Crippen LogP contribution is -2.08. The highest BCUT2D eigenvalue weighted by molar-refractivity contribution is 6.22. The monoisotopic (exact) mass is 182 g/mol. The van der Waals surface area contributed by atoms with Crippen molar-refractivity contribution in [2.75, 3.05) is 0 Å². The van der Waals surface area contributed by atoms with Gasteiger partial charge in [0.2, 0.25) is 0 Å². The van der Waals surface area contributed by atoms with E-state index in [1.165, 1.54) is 6.08 Å². The Bertz CT molecular complexity index is 245. The average molecular weight is 183 g/mol. The summed E-state index contributed by atoms with van der Waals surface area (Å²) < 4.78 is 0. The molecule has 12 heavy (non-hydrogen) atoms. The number of hydrogen-bond donors (Lipinski definition) is 1.